The lowest BCUT2D eigenvalue weighted by Gasteiger charge is -2.39. The first-order valence-corrected chi connectivity index (χ1v) is 8.78. The molecule has 2 unspecified atom stereocenters. The zero-order valence-corrected chi connectivity index (χ0v) is 14.5. The summed E-state index contributed by atoms with van der Waals surface area (Å²) in [6.07, 6.45) is 2.89. The molecule has 2 aliphatic rings. The Balaban J connectivity index is 1.70. The van der Waals surface area contributed by atoms with Gasteiger partial charge in [-0.15, -0.1) is 0 Å². The van der Waals surface area contributed by atoms with Gasteiger partial charge in [-0.1, -0.05) is 12.1 Å². The lowest BCUT2D eigenvalue weighted by atomic mass is 9.72. The predicted molar refractivity (Wildman–Crippen MR) is 91.6 cm³/mol. The number of carbonyl (C=O) groups is 2. The predicted octanol–water partition coefficient (Wildman–Crippen LogP) is 1.97. The maximum atomic E-state index is 12.4. The summed E-state index contributed by atoms with van der Waals surface area (Å²) >= 11 is 0. The summed E-state index contributed by atoms with van der Waals surface area (Å²) in [5, 5.41) is 12.2. The van der Waals surface area contributed by atoms with Crippen LogP contribution >= 0.6 is 0 Å². The van der Waals surface area contributed by atoms with E-state index in [1.165, 1.54) is 0 Å². The molecule has 0 radical (unpaired) electrons. The molecule has 6 heteroatoms. The number of rotatable bonds is 6. The Morgan fingerprint density at radius 3 is 2.36 bits per heavy atom. The molecular formula is C19H25NO5. The van der Waals surface area contributed by atoms with Gasteiger partial charge in [0.25, 0.3) is 0 Å². The van der Waals surface area contributed by atoms with Gasteiger partial charge in [0.1, 0.15) is 5.75 Å². The van der Waals surface area contributed by atoms with Crippen molar-refractivity contribution in [3.05, 3.63) is 29.8 Å². The summed E-state index contributed by atoms with van der Waals surface area (Å²) in [6.45, 7) is 1.82. The van der Waals surface area contributed by atoms with Gasteiger partial charge in [-0.2, -0.15) is 0 Å². The number of hydrogen-bond acceptors (Lipinski definition) is 4. The number of aliphatic carboxylic acids is 1. The van der Waals surface area contributed by atoms with Gasteiger partial charge < -0.3 is 19.9 Å². The second-order valence-electron chi connectivity index (χ2n) is 6.97. The van der Waals surface area contributed by atoms with E-state index in [1.807, 2.05) is 24.3 Å². The van der Waals surface area contributed by atoms with Crippen LogP contribution in [0.25, 0.3) is 0 Å². The molecule has 1 amide bonds. The van der Waals surface area contributed by atoms with Gasteiger partial charge in [0.2, 0.25) is 5.91 Å². The van der Waals surface area contributed by atoms with E-state index in [0.29, 0.717) is 32.6 Å². The van der Waals surface area contributed by atoms with Crippen LogP contribution in [0.2, 0.25) is 0 Å². The minimum Gasteiger partial charge on any atom is -0.497 e. The highest BCUT2D eigenvalue weighted by Crippen LogP contribution is 2.37. The normalized spacial score (nSPS) is 24.8. The van der Waals surface area contributed by atoms with Crippen LogP contribution in [0, 0.1) is 11.8 Å². The lowest BCUT2D eigenvalue weighted by Crippen LogP contribution is -2.49. The van der Waals surface area contributed by atoms with Gasteiger partial charge >= 0.3 is 5.97 Å². The maximum absolute atomic E-state index is 12.4. The molecule has 1 heterocycles. The van der Waals surface area contributed by atoms with Crippen LogP contribution in [0.3, 0.4) is 0 Å². The summed E-state index contributed by atoms with van der Waals surface area (Å²) in [5.74, 6) is -1.15. The third kappa shape index (κ3) is 3.63. The molecule has 0 aromatic heterocycles. The molecule has 2 fully saturated rings. The lowest BCUT2D eigenvalue weighted by molar-refractivity contribution is -0.152. The SMILES string of the molecule is COc1ccc(C2(CNC(=O)C3CCC3C(=O)O)CCOCC2)cc1. The quantitative estimate of drug-likeness (QED) is 0.822. The average molecular weight is 347 g/mol. The zero-order valence-electron chi connectivity index (χ0n) is 14.5. The van der Waals surface area contributed by atoms with Crippen molar-refractivity contribution in [1.29, 1.82) is 0 Å². The second-order valence-corrected chi connectivity index (χ2v) is 6.97. The Kier molecular flexibility index (Phi) is 5.27. The highest BCUT2D eigenvalue weighted by Gasteiger charge is 2.42. The van der Waals surface area contributed by atoms with E-state index in [0.717, 1.165) is 24.2 Å². The fourth-order valence-electron chi connectivity index (χ4n) is 3.77. The molecule has 2 atom stereocenters. The van der Waals surface area contributed by atoms with E-state index < -0.39 is 17.8 Å². The minimum absolute atomic E-state index is 0.141. The molecule has 1 aliphatic heterocycles. The van der Waals surface area contributed by atoms with Crippen molar-refractivity contribution in [2.45, 2.75) is 31.1 Å². The summed E-state index contributed by atoms with van der Waals surface area (Å²) < 4.78 is 10.7. The van der Waals surface area contributed by atoms with Crippen molar-refractivity contribution in [2.24, 2.45) is 11.8 Å². The van der Waals surface area contributed by atoms with Gasteiger partial charge in [-0.05, 0) is 43.4 Å². The standard InChI is InChI=1S/C19H25NO5/c1-24-14-4-2-13(3-5-14)19(8-10-25-11-9-19)12-20-17(21)15-6-7-16(15)18(22)23/h2-5,15-16H,6-12H2,1H3,(H,20,21)(H,22,23). The fourth-order valence-corrected chi connectivity index (χ4v) is 3.77. The molecule has 136 valence electrons. The van der Waals surface area contributed by atoms with E-state index >= 15 is 0 Å². The number of nitrogens with one attached hydrogen (secondary N) is 1. The highest BCUT2D eigenvalue weighted by atomic mass is 16.5. The van der Waals surface area contributed by atoms with Gasteiger partial charge in [-0.3, -0.25) is 9.59 Å². The van der Waals surface area contributed by atoms with Crippen LogP contribution in [0.5, 0.6) is 5.75 Å². The second kappa shape index (κ2) is 7.44. The van der Waals surface area contributed by atoms with Crippen molar-refractivity contribution in [1.82, 2.24) is 5.32 Å². The Morgan fingerprint density at radius 1 is 1.20 bits per heavy atom. The van der Waals surface area contributed by atoms with Crippen LogP contribution in [0.4, 0.5) is 0 Å². The molecule has 1 saturated heterocycles. The summed E-state index contributed by atoms with van der Waals surface area (Å²) in [6, 6.07) is 7.95. The average Bonchev–Trinajstić information content (AvgIpc) is 2.59. The van der Waals surface area contributed by atoms with Crippen LogP contribution in [-0.2, 0) is 19.7 Å². The Bertz CT molecular complexity index is 621. The molecule has 1 aliphatic carbocycles. The molecule has 2 N–H and O–H groups in total. The first-order valence-electron chi connectivity index (χ1n) is 8.78. The Morgan fingerprint density at radius 2 is 1.84 bits per heavy atom. The third-order valence-electron chi connectivity index (χ3n) is 5.68. The number of carbonyl (C=O) groups excluding carboxylic acids is 1. The summed E-state index contributed by atoms with van der Waals surface area (Å²) in [5.41, 5.74) is 0.975. The molecule has 1 aromatic carbocycles. The molecule has 0 bridgehead atoms. The Hall–Kier alpha value is -2.08. The van der Waals surface area contributed by atoms with Gasteiger partial charge in [0.15, 0.2) is 0 Å². The van der Waals surface area contributed by atoms with Crippen molar-refractivity contribution >= 4 is 11.9 Å². The molecular weight excluding hydrogens is 322 g/mol. The number of ether oxygens (including phenoxy) is 2. The number of carboxylic acid groups (broad SMARTS) is 1. The van der Waals surface area contributed by atoms with E-state index in [2.05, 4.69) is 5.32 Å². The highest BCUT2D eigenvalue weighted by molar-refractivity contribution is 5.86. The number of methoxy groups -OCH3 is 1. The fraction of sp³-hybridized carbons (Fsp3) is 0.579. The van der Waals surface area contributed by atoms with E-state index in [4.69, 9.17) is 14.6 Å². The summed E-state index contributed by atoms with van der Waals surface area (Å²) in [7, 11) is 1.64. The van der Waals surface area contributed by atoms with Crippen molar-refractivity contribution in [2.75, 3.05) is 26.9 Å². The molecule has 3 rings (SSSR count). The zero-order chi connectivity index (χ0) is 17.9. The third-order valence-corrected chi connectivity index (χ3v) is 5.68. The van der Waals surface area contributed by atoms with Crippen LogP contribution in [0.1, 0.15) is 31.2 Å². The van der Waals surface area contributed by atoms with Gasteiger partial charge in [0, 0.05) is 25.2 Å². The first-order chi connectivity index (χ1) is 12.1. The van der Waals surface area contributed by atoms with Crippen LogP contribution in [0.15, 0.2) is 24.3 Å². The smallest absolute Gasteiger partial charge is 0.307 e. The molecule has 1 aromatic rings. The molecule has 25 heavy (non-hydrogen) atoms. The van der Waals surface area contributed by atoms with E-state index in [9.17, 15) is 9.59 Å². The van der Waals surface area contributed by atoms with Gasteiger partial charge in [0.05, 0.1) is 18.9 Å². The number of amides is 1. The summed E-state index contributed by atoms with van der Waals surface area (Å²) in [4.78, 5) is 23.6. The van der Waals surface area contributed by atoms with Crippen molar-refractivity contribution in [3.8, 4) is 5.75 Å². The van der Waals surface area contributed by atoms with Crippen LogP contribution in [-0.4, -0.2) is 43.9 Å². The van der Waals surface area contributed by atoms with Gasteiger partial charge in [-0.25, -0.2) is 0 Å². The van der Waals surface area contributed by atoms with Crippen LogP contribution < -0.4 is 10.1 Å². The number of carboxylic acids is 1. The minimum atomic E-state index is -0.873. The van der Waals surface area contributed by atoms with E-state index in [1.54, 1.807) is 7.11 Å². The number of benzene rings is 1. The number of hydrogen-bond donors (Lipinski definition) is 2. The molecule has 6 nitrogen and oxygen atoms in total. The maximum Gasteiger partial charge on any atom is 0.307 e. The molecule has 0 spiro atoms. The van der Waals surface area contributed by atoms with E-state index in [-0.39, 0.29) is 11.3 Å². The topological polar surface area (TPSA) is 84.9 Å². The Labute approximate surface area is 147 Å². The monoisotopic (exact) mass is 347 g/mol. The largest absolute Gasteiger partial charge is 0.497 e. The van der Waals surface area contributed by atoms with Crippen molar-refractivity contribution in [3.63, 3.8) is 0 Å². The first kappa shape index (κ1) is 17.7. The van der Waals surface area contributed by atoms with Crippen molar-refractivity contribution < 1.29 is 24.2 Å². The molecule has 1 saturated carbocycles.